The molecule has 0 aliphatic rings. The molecule has 0 saturated heterocycles. The topological polar surface area (TPSA) is 84.7 Å². The lowest BCUT2D eigenvalue weighted by Gasteiger charge is -2.27. The van der Waals surface area contributed by atoms with Gasteiger partial charge in [-0.1, -0.05) is 18.2 Å². The van der Waals surface area contributed by atoms with E-state index in [0.29, 0.717) is 0 Å². The maximum Gasteiger partial charge on any atom is 0.312 e. The average Bonchev–Trinajstić information content (AvgIpc) is 3.14. The summed E-state index contributed by atoms with van der Waals surface area (Å²) in [5.41, 5.74) is 6.25. The molecule has 1 aromatic carbocycles. The van der Waals surface area contributed by atoms with Crippen molar-refractivity contribution >= 4 is 23.3 Å². The van der Waals surface area contributed by atoms with E-state index in [1.54, 1.807) is 19.1 Å². The summed E-state index contributed by atoms with van der Waals surface area (Å²) in [4.78, 5) is 26.5. The number of thiophene rings is 1. The number of methoxy groups -OCH3 is 1. The van der Waals surface area contributed by atoms with Crippen molar-refractivity contribution in [2.75, 3.05) is 14.2 Å². The summed E-state index contributed by atoms with van der Waals surface area (Å²) in [5, 5.41) is 4.55. The first-order valence-electron chi connectivity index (χ1n) is 7.91. The zero-order valence-corrected chi connectivity index (χ0v) is 15.4. The Labute approximate surface area is 151 Å². The zero-order chi connectivity index (χ0) is 18.4. The van der Waals surface area contributed by atoms with Gasteiger partial charge in [-0.25, -0.2) is 4.79 Å². The van der Waals surface area contributed by atoms with Crippen molar-refractivity contribution in [1.82, 2.24) is 10.2 Å². The maximum absolute atomic E-state index is 12.7. The molecule has 2 atom stereocenters. The lowest BCUT2D eigenvalue weighted by Crippen LogP contribution is -2.37. The van der Waals surface area contributed by atoms with Crippen molar-refractivity contribution in [3.05, 3.63) is 52.2 Å². The number of rotatable bonds is 7. The molecule has 1 aromatic heterocycles. The van der Waals surface area contributed by atoms with E-state index < -0.39 is 12.1 Å². The van der Waals surface area contributed by atoms with Crippen molar-refractivity contribution in [3.8, 4) is 5.75 Å². The van der Waals surface area contributed by atoms with Gasteiger partial charge in [-0.2, -0.15) is 0 Å². The van der Waals surface area contributed by atoms with E-state index >= 15 is 0 Å². The number of carbonyl (C=O) groups excluding carboxylic acids is 2. The van der Waals surface area contributed by atoms with Crippen LogP contribution in [0.5, 0.6) is 5.75 Å². The van der Waals surface area contributed by atoms with Crippen LogP contribution in [0.3, 0.4) is 0 Å². The highest BCUT2D eigenvalue weighted by molar-refractivity contribution is 7.10. The quantitative estimate of drug-likeness (QED) is 0.795. The van der Waals surface area contributed by atoms with Gasteiger partial charge in [0.15, 0.2) is 0 Å². The number of amides is 3. The summed E-state index contributed by atoms with van der Waals surface area (Å²) in [7, 11) is 3.37. The van der Waals surface area contributed by atoms with Crippen molar-refractivity contribution in [3.63, 3.8) is 0 Å². The Bertz CT molecular complexity index is 701. The molecule has 0 spiro atoms. The summed E-state index contributed by atoms with van der Waals surface area (Å²) in [6, 6.07) is 10.2. The van der Waals surface area contributed by atoms with E-state index in [1.165, 1.54) is 11.3 Å². The van der Waals surface area contributed by atoms with Gasteiger partial charge in [-0.3, -0.25) is 4.79 Å². The zero-order valence-electron chi connectivity index (χ0n) is 14.6. The highest BCUT2D eigenvalue weighted by atomic mass is 32.1. The Morgan fingerprint density at radius 2 is 1.96 bits per heavy atom. The van der Waals surface area contributed by atoms with E-state index in [2.05, 4.69) is 5.32 Å². The van der Waals surface area contributed by atoms with Gasteiger partial charge in [-0.05, 0) is 36.1 Å². The number of carbonyl (C=O) groups is 2. The van der Waals surface area contributed by atoms with E-state index in [4.69, 9.17) is 10.5 Å². The molecule has 0 aliphatic heterocycles. The van der Waals surface area contributed by atoms with Crippen LogP contribution in [0.2, 0.25) is 0 Å². The lowest BCUT2D eigenvalue weighted by atomic mass is 10.1. The number of urea groups is 1. The van der Waals surface area contributed by atoms with Crippen LogP contribution in [0.15, 0.2) is 41.8 Å². The largest absolute Gasteiger partial charge is 0.497 e. The molecule has 0 radical (unpaired) electrons. The summed E-state index contributed by atoms with van der Waals surface area (Å²) in [5.74, 6) is 0.698. The Hall–Kier alpha value is -2.54. The van der Waals surface area contributed by atoms with Crippen LogP contribution in [0, 0.1) is 0 Å². The van der Waals surface area contributed by atoms with E-state index in [-0.39, 0.29) is 18.4 Å². The summed E-state index contributed by atoms with van der Waals surface area (Å²) in [6.07, 6.45) is 0.153. The first-order valence-corrected chi connectivity index (χ1v) is 8.79. The second-order valence-electron chi connectivity index (χ2n) is 5.73. The lowest BCUT2D eigenvalue weighted by molar-refractivity contribution is -0.132. The van der Waals surface area contributed by atoms with Gasteiger partial charge in [0.1, 0.15) is 5.75 Å². The molecule has 7 heteroatoms. The summed E-state index contributed by atoms with van der Waals surface area (Å²) >= 11 is 1.48. The molecule has 0 bridgehead atoms. The van der Waals surface area contributed by atoms with Crippen molar-refractivity contribution in [1.29, 1.82) is 0 Å². The Balaban J connectivity index is 2.07. The average molecular weight is 361 g/mol. The fourth-order valence-electron chi connectivity index (χ4n) is 2.52. The van der Waals surface area contributed by atoms with Gasteiger partial charge in [0, 0.05) is 11.9 Å². The third kappa shape index (κ3) is 4.96. The SMILES string of the molecule is COc1ccc(C(C)N(C)C(=O)CC(NC(N)=O)c2cccs2)cc1. The Kier molecular flexibility index (Phi) is 6.41. The van der Waals surface area contributed by atoms with Crippen molar-refractivity contribution < 1.29 is 14.3 Å². The molecule has 6 nitrogen and oxygen atoms in total. The monoisotopic (exact) mass is 361 g/mol. The minimum Gasteiger partial charge on any atom is -0.497 e. The molecule has 0 fully saturated rings. The van der Waals surface area contributed by atoms with Crippen LogP contribution in [0.1, 0.15) is 35.9 Å². The van der Waals surface area contributed by atoms with Crippen molar-refractivity contribution in [2.45, 2.75) is 25.4 Å². The molecule has 2 unspecified atom stereocenters. The van der Waals surface area contributed by atoms with E-state index in [9.17, 15) is 9.59 Å². The van der Waals surface area contributed by atoms with Crippen LogP contribution >= 0.6 is 11.3 Å². The molecule has 3 N–H and O–H groups in total. The van der Waals surface area contributed by atoms with Crippen molar-refractivity contribution in [2.24, 2.45) is 5.73 Å². The maximum atomic E-state index is 12.7. The van der Waals surface area contributed by atoms with Gasteiger partial charge < -0.3 is 20.7 Å². The fourth-order valence-corrected chi connectivity index (χ4v) is 3.30. The van der Waals surface area contributed by atoms with E-state index in [1.807, 2.05) is 48.7 Å². The smallest absolute Gasteiger partial charge is 0.312 e. The molecule has 2 aromatic rings. The minimum absolute atomic E-state index is 0.0736. The standard InChI is InChI=1S/C18H23N3O3S/c1-12(13-6-8-14(24-3)9-7-13)21(2)17(22)11-15(20-18(19)23)16-5-4-10-25-16/h4-10,12,15H,11H2,1-3H3,(H3,19,20,23). The molecular formula is C18H23N3O3S. The summed E-state index contributed by atoms with van der Waals surface area (Å²) in [6.45, 7) is 1.96. The summed E-state index contributed by atoms with van der Waals surface area (Å²) < 4.78 is 5.16. The third-order valence-corrected chi connectivity index (χ3v) is 5.14. The van der Waals surface area contributed by atoms with Crippen LogP contribution in [-0.4, -0.2) is 31.0 Å². The number of nitrogens with zero attached hydrogens (tertiary/aromatic N) is 1. The minimum atomic E-state index is -0.642. The van der Waals surface area contributed by atoms with Gasteiger partial charge in [0.05, 0.1) is 25.6 Å². The van der Waals surface area contributed by atoms with Crippen LogP contribution in [-0.2, 0) is 4.79 Å². The molecule has 3 amide bonds. The number of hydrogen-bond acceptors (Lipinski definition) is 4. The number of hydrogen-bond donors (Lipinski definition) is 2. The normalized spacial score (nSPS) is 12.9. The van der Waals surface area contributed by atoms with Crippen LogP contribution < -0.4 is 15.8 Å². The number of primary amides is 1. The Morgan fingerprint density at radius 1 is 1.28 bits per heavy atom. The van der Waals surface area contributed by atoms with Gasteiger partial charge in [0.25, 0.3) is 0 Å². The second kappa shape index (κ2) is 8.53. The predicted octanol–water partition coefficient (Wildman–Crippen LogP) is 3.08. The van der Waals surface area contributed by atoms with E-state index in [0.717, 1.165) is 16.2 Å². The number of benzene rings is 1. The molecule has 25 heavy (non-hydrogen) atoms. The molecule has 1 heterocycles. The fraction of sp³-hybridized carbons (Fsp3) is 0.333. The highest BCUT2D eigenvalue weighted by Crippen LogP contribution is 2.26. The number of nitrogens with two attached hydrogens (primary N) is 1. The first kappa shape index (κ1) is 18.8. The van der Waals surface area contributed by atoms with Crippen LogP contribution in [0.25, 0.3) is 0 Å². The molecular weight excluding hydrogens is 338 g/mol. The number of nitrogens with one attached hydrogen (secondary N) is 1. The molecule has 2 rings (SSSR count). The third-order valence-electron chi connectivity index (χ3n) is 4.15. The van der Waals surface area contributed by atoms with Gasteiger partial charge in [-0.15, -0.1) is 11.3 Å². The second-order valence-corrected chi connectivity index (χ2v) is 6.71. The highest BCUT2D eigenvalue weighted by Gasteiger charge is 2.23. The number of ether oxygens (including phenoxy) is 1. The first-order chi connectivity index (χ1) is 11.9. The molecule has 134 valence electrons. The van der Waals surface area contributed by atoms with Crippen LogP contribution in [0.4, 0.5) is 4.79 Å². The van der Waals surface area contributed by atoms with Gasteiger partial charge >= 0.3 is 6.03 Å². The Morgan fingerprint density at radius 3 is 2.48 bits per heavy atom. The predicted molar refractivity (Wildman–Crippen MR) is 98.6 cm³/mol. The molecule has 0 aliphatic carbocycles. The van der Waals surface area contributed by atoms with Gasteiger partial charge in [0.2, 0.25) is 5.91 Å². The molecule has 0 saturated carbocycles.